The van der Waals surface area contributed by atoms with Gasteiger partial charge in [-0.3, -0.25) is 9.69 Å². The molecule has 2 N–H and O–H groups in total. The van der Waals surface area contributed by atoms with Gasteiger partial charge in [-0.1, -0.05) is 28.1 Å². The SMILES string of the molecule is CN(CC(=O)O)CC(O)c1cccc(Br)c1. The van der Waals surface area contributed by atoms with E-state index in [0.717, 1.165) is 10.0 Å². The molecule has 0 saturated carbocycles. The quantitative estimate of drug-likeness (QED) is 0.862. The molecule has 0 radical (unpaired) electrons. The zero-order valence-electron chi connectivity index (χ0n) is 8.93. The van der Waals surface area contributed by atoms with E-state index in [-0.39, 0.29) is 6.54 Å². The Morgan fingerprint density at radius 3 is 2.81 bits per heavy atom. The molecule has 0 aliphatic rings. The highest BCUT2D eigenvalue weighted by Gasteiger charge is 2.12. The van der Waals surface area contributed by atoms with Gasteiger partial charge >= 0.3 is 5.97 Å². The Hall–Kier alpha value is -0.910. The molecule has 0 heterocycles. The number of likely N-dealkylation sites (N-methyl/N-ethyl adjacent to an activating group) is 1. The van der Waals surface area contributed by atoms with Crippen LogP contribution in [0.3, 0.4) is 0 Å². The van der Waals surface area contributed by atoms with Crippen molar-refractivity contribution in [3.05, 3.63) is 34.3 Å². The highest BCUT2D eigenvalue weighted by Crippen LogP contribution is 2.18. The van der Waals surface area contributed by atoms with Crippen LogP contribution in [-0.4, -0.2) is 41.2 Å². The predicted molar refractivity (Wildman–Crippen MR) is 64.2 cm³/mol. The molecule has 5 heteroatoms. The van der Waals surface area contributed by atoms with Crippen molar-refractivity contribution in [2.75, 3.05) is 20.1 Å². The van der Waals surface area contributed by atoms with Crippen LogP contribution in [0.15, 0.2) is 28.7 Å². The standard InChI is InChI=1S/C11H14BrNO3/c1-13(7-11(15)16)6-10(14)8-3-2-4-9(12)5-8/h2-5,10,14H,6-7H2,1H3,(H,15,16). The van der Waals surface area contributed by atoms with Crippen molar-refractivity contribution in [1.29, 1.82) is 0 Å². The van der Waals surface area contributed by atoms with Gasteiger partial charge in [-0.2, -0.15) is 0 Å². The van der Waals surface area contributed by atoms with Gasteiger partial charge in [0.1, 0.15) is 0 Å². The van der Waals surface area contributed by atoms with E-state index >= 15 is 0 Å². The van der Waals surface area contributed by atoms with Crippen LogP contribution in [0, 0.1) is 0 Å². The lowest BCUT2D eigenvalue weighted by molar-refractivity contribution is -0.138. The summed E-state index contributed by atoms with van der Waals surface area (Å²) >= 11 is 3.32. The summed E-state index contributed by atoms with van der Waals surface area (Å²) in [6, 6.07) is 7.33. The van der Waals surface area contributed by atoms with Gasteiger partial charge in [-0.15, -0.1) is 0 Å². The van der Waals surface area contributed by atoms with Crippen LogP contribution in [0.25, 0.3) is 0 Å². The molecule has 4 nitrogen and oxygen atoms in total. The van der Waals surface area contributed by atoms with Crippen LogP contribution in [0.5, 0.6) is 0 Å². The molecule has 1 aromatic rings. The van der Waals surface area contributed by atoms with E-state index in [1.807, 2.05) is 24.3 Å². The topological polar surface area (TPSA) is 60.8 Å². The molecule has 1 aromatic carbocycles. The summed E-state index contributed by atoms with van der Waals surface area (Å²) in [4.78, 5) is 12.0. The average molecular weight is 288 g/mol. The zero-order chi connectivity index (χ0) is 12.1. The van der Waals surface area contributed by atoms with E-state index in [2.05, 4.69) is 15.9 Å². The Labute approximate surface area is 103 Å². The molecule has 0 amide bonds. The number of hydrogen-bond acceptors (Lipinski definition) is 3. The summed E-state index contributed by atoms with van der Waals surface area (Å²) in [7, 11) is 1.66. The van der Waals surface area contributed by atoms with Crippen molar-refractivity contribution in [3.8, 4) is 0 Å². The Balaban J connectivity index is 2.58. The lowest BCUT2D eigenvalue weighted by Gasteiger charge is -2.19. The number of hydrogen-bond donors (Lipinski definition) is 2. The fraction of sp³-hybridized carbons (Fsp3) is 0.364. The molecular formula is C11H14BrNO3. The van der Waals surface area contributed by atoms with E-state index in [1.54, 1.807) is 11.9 Å². The highest BCUT2D eigenvalue weighted by molar-refractivity contribution is 9.10. The number of nitrogens with zero attached hydrogens (tertiary/aromatic N) is 1. The third kappa shape index (κ3) is 4.30. The lowest BCUT2D eigenvalue weighted by atomic mass is 10.1. The first-order chi connectivity index (χ1) is 7.49. The second kappa shape index (κ2) is 5.98. The van der Waals surface area contributed by atoms with Crippen LogP contribution < -0.4 is 0 Å². The molecule has 0 fully saturated rings. The first-order valence-corrected chi connectivity index (χ1v) is 5.62. The van der Waals surface area contributed by atoms with Crippen LogP contribution in [0.2, 0.25) is 0 Å². The monoisotopic (exact) mass is 287 g/mol. The van der Waals surface area contributed by atoms with E-state index in [0.29, 0.717) is 6.54 Å². The minimum absolute atomic E-state index is 0.0783. The first-order valence-electron chi connectivity index (χ1n) is 4.83. The van der Waals surface area contributed by atoms with Crippen molar-refractivity contribution < 1.29 is 15.0 Å². The largest absolute Gasteiger partial charge is 0.480 e. The summed E-state index contributed by atoms with van der Waals surface area (Å²) in [5, 5.41) is 18.5. The van der Waals surface area contributed by atoms with Gasteiger partial charge in [0.05, 0.1) is 12.6 Å². The molecule has 0 spiro atoms. The van der Waals surface area contributed by atoms with Gasteiger partial charge in [0.25, 0.3) is 0 Å². The van der Waals surface area contributed by atoms with Crippen molar-refractivity contribution in [2.24, 2.45) is 0 Å². The van der Waals surface area contributed by atoms with E-state index in [4.69, 9.17) is 5.11 Å². The number of aliphatic hydroxyl groups excluding tert-OH is 1. The van der Waals surface area contributed by atoms with Crippen LogP contribution in [0.4, 0.5) is 0 Å². The Bertz CT molecular complexity index is 370. The van der Waals surface area contributed by atoms with Crippen molar-refractivity contribution in [2.45, 2.75) is 6.10 Å². The maximum absolute atomic E-state index is 10.5. The number of carboxylic acids is 1. The number of halogens is 1. The molecule has 16 heavy (non-hydrogen) atoms. The van der Waals surface area contributed by atoms with Gasteiger partial charge in [0.15, 0.2) is 0 Å². The molecule has 0 aromatic heterocycles. The van der Waals surface area contributed by atoms with E-state index in [1.165, 1.54) is 0 Å². The van der Waals surface area contributed by atoms with Gasteiger partial charge in [0, 0.05) is 11.0 Å². The molecule has 0 aliphatic heterocycles. The van der Waals surface area contributed by atoms with Crippen molar-refractivity contribution in [1.82, 2.24) is 4.90 Å². The Morgan fingerprint density at radius 1 is 1.56 bits per heavy atom. The summed E-state index contributed by atoms with van der Waals surface area (Å²) in [5.41, 5.74) is 0.770. The second-order valence-corrected chi connectivity index (χ2v) is 4.58. The highest BCUT2D eigenvalue weighted by atomic mass is 79.9. The lowest BCUT2D eigenvalue weighted by Crippen LogP contribution is -2.29. The number of carboxylic acid groups (broad SMARTS) is 1. The van der Waals surface area contributed by atoms with E-state index in [9.17, 15) is 9.90 Å². The number of carbonyl (C=O) groups is 1. The van der Waals surface area contributed by atoms with Gasteiger partial charge in [-0.25, -0.2) is 0 Å². The third-order valence-electron chi connectivity index (χ3n) is 2.12. The molecule has 1 rings (SSSR count). The van der Waals surface area contributed by atoms with E-state index < -0.39 is 12.1 Å². The minimum atomic E-state index is -0.899. The van der Waals surface area contributed by atoms with Crippen LogP contribution >= 0.6 is 15.9 Å². The second-order valence-electron chi connectivity index (χ2n) is 3.66. The first kappa shape index (κ1) is 13.2. The summed E-state index contributed by atoms with van der Waals surface area (Å²) in [5.74, 6) is -0.899. The van der Waals surface area contributed by atoms with Crippen molar-refractivity contribution in [3.63, 3.8) is 0 Å². The summed E-state index contributed by atoms with van der Waals surface area (Å²) in [6.45, 7) is 0.216. The third-order valence-corrected chi connectivity index (χ3v) is 2.62. The molecule has 1 atom stereocenters. The summed E-state index contributed by atoms with van der Waals surface area (Å²) in [6.07, 6.45) is -0.679. The fourth-order valence-electron chi connectivity index (χ4n) is 1.41. The average Bonchev–Trinajstić information content (AvgIpc) is 2.16. The zero-order valence-corrected chi connectivity index (χ0v) is 10.5. The summed E-state index contributed by atoms with van der Waals surface area (Å²) < 4.78 is 0.893. The number of rotatable bonds is 5. The number of aliphatic hydroxyl groups is 1. The van der Waals surface area contributed by atoms with Gasteiger partial charge in [-0.05, 0) is 24.7 Å². The van der Waals surface area contributed by atoms with Crippen molar-refractivity contribution >= 4 is 21.9 Å². The minimum Gasteiger partial charge on any atom is -0.480 e. The number of aliphatic carboxylic acids is 1. The molecule has 88 valence electrons. The Morgan fingerprint density at radius 2 is 2.25 bits per heavy atom. The Kier molecular flexibility index (Phi) is 4.92. The predicted octanol–water partition coefficient (Wildman–Crippen LogP) is 1.50. The van der Waals surface area contributed by atoms with Crippen LogP contribution in [-0.2, 0) is 4.79 Å². The molecule has 0 saturated heterocycles. The smallest absolute Gasteiger partial charge is 0.317 e. The normalized spacial score (nSPS) is 12.8. The van der Waals surface area contributed by atoms with Crippen LogP contribution in [0.1, 0.15) is 11.7 Å². The van der Waals surface area contributed by atoms with Gasteiger partial charge < -0.3 is 10.2 Å². The maximum atomic E-state index is 10.5. The molecule has 0 aliphatic carbocycles. The van der Waals surface area contributed by atoms with Gasteiger partial charge in [0.2, 0.25) is 0 Å². The molecule has 1 unspecified atom stereocenters. The molecular weight excluding hydrogens is 274 g/mol. The fourth-order valence-corrected chi connectivity index (χ4v) is 1.83. The molecule has 0 bridgehead atoms. The number of benzene rings is 1. The maximum Gasteiger partial charge on any atom is 0.317 e.